The van der Waals surface area contributed by atoms with Gasteiger partial charge >= 0.3 is 5.97 Å². The van der Waals surface area contributed by atoms with Gasteiger partial charge in [0.2, 0.25) is 0 Å². The van der Waals surface area contributed by atoms with Gasteiger partial charge in [-0.2, -0.15) is 0 Å². The average Bonchev–Trinajstić information content (AvgIpc) is 2.43. The Kier molecular flexibility index (Phi) is 5.83. The molecule has 0 saturated carbocycles. The van der Waals surface area contributed by atoms with Gasteiger partial charge in [0.1, 0.15) is 5.75 Å². The van der Waals surface area contributed by atoms with E-state index >= 15 is 0 Å². The van der Waals surface area contributed by atoms with Crippen molar-refractivity contribution in [3.05, 3.63) is 29.8 Å². The highest BCUT2D eigenvalue weighted by Crippen LogP contribution is 2.29. The maximum absolute atomic E-state index is 11.0. The van der Waals surface area contributed by atoms with Crippen LogP contribution in [0, 0.1) is 11.8 Å². The number of ether oxygens (including phenoxy) is 1. The maximum Gasteiger partial charge on any atom is 0.307 e. The van der Waals surface area contributed by atoms with Gasteiger partial charge in [0.05, 0.1) is 13.0 Å². The molecule has 4 nitrogen and oxygen atoms in total. The molecule has 4 heteroatoms. The van der Waals surface area contributed by atoms with E-state index in [-0.39, 0.29) is 12.5 Å². The van der Waals surface area contributed by atoms with E-state index in [4.69, 9.17) is 15.6 Å². The number of carboxylic acid groups (broad SMARTS) is 1. The molecule has 0 aromatic heterocycles. The molecule has 0 saturated heterocycles. The molecule has 1 rings (SSSR count). The molecule has 1 aromatic carbocycles. The summed E-state index contributed by atoms with van der Waals surface area (Å²) in [5.74, 6) is 0.110. The van der Waals surface area contributed by atoms with Crippen molar-refractivity contribution in [2.45, 2.75) is 26.2 Å². The first-order valence-corrected chi connectivity index (χ1v) is 6.56. The number of benzene rings is 1. The molecule has 3 unspecified atom stereocenters. The quantitative estimate of drug-likeness (QED) is 0.794. The summed E-state index contributed by atoms with van der Waals surface area (Å²) in [5.41, 5.74) is 6.69. The first-order chi connectivity index (χ1) is 8.99. The van der Waals surface area contributed by atoms with Crippen molar-refractivity contribution in [3.63, 3.8) is 0 Å². The van der Waals surface area contributed by atoms with Crippen LogP contribution in [0.5, 0.6) is 5.75 Å². The fourth-order valence-electron chi connectivity index (χ4n) is 2.19. The van der Waals surface area contributed by atoms with E-state index in [9.17, 15) is 4.79 Å². The number of nitrogens with two attached hydrogens (primary N) is 1. The Morgan fingerprint density at radius 3 is 2.32 bits per heavy atom. The topological polar surface area (TPSA) is 72.5 Å². The van der Waals surface area contributed by atoms with Crippen LogP contribution in [0.3, 0.4) is 0 Å². The summed E-state index contributed by atoms with van der Waals surface area (Å²) >= 11 is 0. The van der Waals surface area contributed by atoms with E-state index in [1.54, 1.807) is 7.11 Å². The molecule has 3 N–H and O–H groups in total. The number of rotatable bonds is 7. The standard InChI is InChI=1S/C15H23NO3/c1-10(8-13(9-16)15(17)18)11(2)12-4-6-14(19-3)7-5-12/h4-7,10-11,13H,8-9,16H2,1-3H3,(H,17,18). The predicted octanol–water partition coefficient (Wildman–Crippen LogP) is 2.48. The molecule has 0 radical (unpaired) electrons. The van der Waals surface area contributed by atoms with E-state index in [0.717, 1.165) is 5.75 Å². The second-order valence-corrected chi connectivity index (χ2v) is 5.05. The van der Waals surface area contributed by atoms with E-state index in [1.807, 2.05) is 24.3 Å². The lowest BCUT2D eigenvalue weighted by atomic mass is 9.83. The molecule has 0 bridgehead atoms. The summed E-state index contributed by atoms with van der Waals surface area (Å²) in [5, 5.41) is 9.05. The zero-order valence-electron chi connectivity index (χ0n) is 11.8. The van der Waals surface area contributed by atoms with Crippen LogP contribution in [0.2, 0.25) is 0 Å². The molecule has 106 valence electrons. The number of aliphatic carboxylic acids is 1. The Labute approximate surface area is 114 Å². The van der Waals surface area contributed by atoms with Gasteiger partial charge in [0.15, 0.2) is 0 Å². The minimum atomic E-state index is -0.809. The van der Waals surface area contributed by atoms with E-state index in [0.29, 0.717) is 12.3 Å². The average molecular weight is 265 g/mol. The van der Waals surface area contributed by atoms with Crippen LogP contribution >= 0.6 is 0 Å². The maximum atomic E-state index is 11.0. The van der Waals surface area contributed by atoms with Crippen LogP contribution in [0.15, 0.2) is 24.3 Å². The largest absolute Gasteiger partial charge is 0.497 e. The molecule has 0 aliphatic rings. The second kappa shape index (κ2) is 7.14. The fourth-order valence-corrected chi connectivity index (χ4v) is 2.19. The molecule has 0 fully saturated rings. The second-order valence-electron chi connectivity index (χ2n) is 5.05. The van der Waals surface area contributed by atoms with Crippen molar-refractivity contribution in [2.24, 2.45) is 17.6 Å². The van der Waals surface area contributed by atoms with Crippen molar-refractivity contribution >= 4 is 5.97 Å². The van der Waals surface area contributed by atoms with E-state index < -0.39 is 11.9 Å². The Morgan fingerprint density at radius 2 is 1.89 bits per heavy atom. The minimum absolute atomic E-state index is 0.189. The van der Waals surface area contributed by atoms with Gasteiger partial charge in [0, 0.05) is 6.54 Å². The van der Waals surface area contributed by atoms with Gasteiger partial charge in [-0.1, -0.05) is 26.0 Å². The first-order valence-electron chi connectivity index (χ1n) is 6.56. The van der Waals surface area contributed by atoms with Crippen molar-refractivity contribution in [3.8, 4) is 5.75 Å². The first kappa shape index (κ1) is 15.5. The summed E-state index contributed by atoms with van der Waals surface area (Å²) in [6.45, 7) is 4.37. The monoisotopic (exact) mass is 265 g/mol. The van der Waals surface area contributed by atoms with Crippen molar-refractivity contribution < 1.29 is 14.6 Å². The minimum Gasteiger partial charge on any atom is -0.497 e. The lowest BCUT2D eigenvalue weighted by Crippen LogP contribution is -2.26. The number of carboxylic acids is 1. The number of methoxy groups -OCH3 is 1. The highest BCUT2D eigenvalue weighted by molar-refractivity contribution is 5.70. The Balaban J connectivity index is 2.69. The molecule has 19 heavy (non-hydrogen) atoms. The normalized spacial score (nSPS) is 15.6. The van der Waals surface area contributed by atoms with Crippen LogP contribution in [0.4, 0.5) is 0 Å². The molecule has 0 aliphatic carbocycles. The van der Waals surface area contributed by atoms with Crippen LogP contribution in [0.25, 0.3) is 0 Å². The van der Waals surface area contributed by atoms with E-state index in [1.165, 1.54) is 5.56 Å². The van der Waals surface area contributed by atoms with Gasteiger partial charge in [0.25, 0.3) is 0 Å². The highest BCUT2D eigenvalue weighted by atomic mass is 16.5. The summed E-state index contributed by atoms with van der Waals surface area (Å²) in [7, 11) is 1.64. The Hall–Kier alpha value is -1.55. The van der Waals surface area contributed by atoms with Crippen molar-refractivity contribution in [1.82, 2.24) is 0 Å². The molecule has 0 heterocycles. The Bertz CT molecular complexity index is 402. The van der Waals surface area contributed by atoms with E-state index in [2.05, 4.69) is 13.8 Å². The summed E-state index contributed by atoms with van der Waals surface area (Å²) in [6.07, 6.45) is 0.596. The summed E-state index contributed by atoms with van der Waals surface area (Å²) in [4.78, 5) is 11.0. The molecular formula is C15H23NO3. The van der Waals surface area contributed by atoms with Gasteiger partial charge in [-0.3, -0.25) is 4.79 Å². The third kappa shape index (κ3) is 4.24. The fraction of sp³-hybridized carbons (Fsp3) is 0.533. The van der Waals surface area contributed by atoms with Gasteiger partial charge in [-0.15, -0.1) is 0 Å². The third-order valence-corrected chi connectivity index (χ3v) is 3.79. The van der Waals surface area contributed by atoms with Crippen LogP contribution in [0.1, 0.15) is 31.7 Å². The highest BCUT2D eigenvalue weighted by Gasteiger charge is 2.23. The lowest BCUT2D eigenvalue weighted by molar-refractivity contribution is -0.142. The molecule has 1 aromatic rings. The predicted molar refractivity (Wildman–Crippen MR) is 75.4 cm³/mol. The molecule has 0 spiro atoms. The van der Waals surface area contributed by atoms with Gasteiger partial charge < -0.3 is 15.6 Å². The number of carbonyl (C=O) groups is 1. The Morgan fingerprint density at radius 1 is 1.32 bits per heavy atom. The van der Waals surface area contributed by atoms with Crippen molar-refractivity contribution in [2.75, 3.05) is 13.7 Å². The molecular weight excluding hydrogens is 242 g/mol. The molecule has 0 aliphatic heterocycles. The smallest absolute Gasteiger partial charge is 0.307 e. The number of hydrogen-bond donors (Lipinski definition) is 2. The molecule has 0 amide bonds. The zero-order valence-corrected chi connectivity index (χ0v) is 11.8. The number of hydrogen-bond acceptors (Lipinski definition) is 3. The summed E-state index contributed by atoms with van der Waals surface area (Å²) < 4.78 is 5.13. The zero-order chi connectivity index (χ0) is 14.4. The summed E-state index contributed by atoms with van der Waals surface area (Å²) in [6, 6.07) is 7.91. The van der Waals surface area contributed by atoms with Gasteiger partial charge in [-0.25, -0.2) is 0 Å². The van der Waals surface area contributed by atoms with Crippen LogP contribution in [-0.4, -0.2) is 24.7 Å². The molecule has 3 atom stereocenters. The van der Waals surface area contributed by atoms with Crippen LogP contribution in [-0.2, 0) is 4.79 Å². The third-order valence-electron chi connectivity index (χ3n) is 3.79. The SMILES string of the molecule is COc1ccc(C(C)C(C)CC(CN)C(=O)O)cc1. The van der Waals surface area contributed by atoms with Crippen molar-refractivity contribution in [1.29, 1.82) is 0 Å². The van der Waals surface area contributed by atoms with Gasteiger partial charge in [-0.05, 0) is 36.0 Å². The lowest BCUT2D eigenvalue weighted by Gasteiger charge is -2.23. The van der Waals surface area contributed by atoms with Crippen LogP contribution < -0.4 is 10.5 Å².